The standard InChI is InChI=1S/C25H26N4O.C23H32N4O.C18H20F3N5O.C14H12F3N5O2.6H2/c1-3-8-20-12-13-23(28-24(20)25(30)21-11-7-14-26-18(21)2)29-16-15-27-22(17-29)19-9-5-4-6-10-19;1-5-7-18-9-10-21(27-13-12-25-19(15-27)14-16(2)3)26-22(18)23(28)20-8-6-11-24-17(20)4;19-18(20,21)13-5-6-14(25-10-11-3-1-7-23-9-11)26-15(13)16(27)12-4-2-8-24-17(12)22;15-14(16,17)8-3-4-10(21-6-9(18)23)22-11(8)12(24)7-2-1-5-20-13(7)19;;;;;;/h3-14,22,27H,15-17H2,1-2H3;6,8-11,16,19,25H,5,7,12-15H2,1-4H3;2,4-6,8,11,23H,1,3,7,9-10H2,(H2,22,24)(H,25,26);1-5H,6H2,(H2,18,23)(H2,19,20)(H,21,22);6*1H/b8-3+;;;;;;;;;/t;19-;;;;;;;;/m.0......../s1. The largest absolute Gasteiger partial charge is 0.418 e. The number of allylic oxidation sites excluding steroid dienone is 1. The smallest absolute Gasteiger partial charge is 0.383 e. The van der Waals surface area contributed by atoms with Crippen molar-refractivity contribution in [3.05, 3.63) is 242 Å². The number of halogens is 6. The van der Waals surface area contributed by atoms with Crippen LogP contribution in [0.3, 0.4) is 0 Å². The lowest BCUT2D eigenvalue weighted by molar-refractivity contribution is -0.138. The van der Waals surface area contributed by atoms with E-state index in [9.17, 15) is 50.3 Å². The minimum Gasteiger partial charge on any atom is -0.383 e. The number of ketones is 4. The molecular weight excluding hydrogens is 1410 g/mol. The number of hydrogen-bond acceptors (Lipinski definition) is 22. The topological polar surface area (TPSA) is 333 Å². The molecule has 8 aromatic heterocycles. The SMILES string of the molecule is C/C=C/c1ccc(N2CCNC(c3ccccc3)C2)nc1C(=O)c1cccnc1C.CCCc1ccc(N2CCN[C@@H](CC(C)C)C2)nc1C(=O)c1cccnc1C.NC(=O)CNc1ccc(C(F)(F)F)c(C(=O)c2cccnc2N)n1.Nc1ncccc1C(=O)c1nc(NCC2CCCNC2)ccc1C(F)(F)F.[HH].[HH].[HH].[HH].[HH].[HH]. The third kappa shape index (κ3) is 22.4. The van der Waals surface area contributed by atoms with E-state index in [1.807, 2.05) is 69.3 Å². The molecule has 12 rings (SSSR count). The van der Waals surface area contributed by atoms with Gasteiger partial charge in [0, 0.05) is 119 Å². The van der Waals surface area contributed by atoms with Gasteiger partial charge in [-0.3, -0.25) is 33.9 Å². The number of carbonyl (C=O) groups is 5. The fourth-order valence-electron chi connectivity index (χ4n) is 12.7. The Balaban J connectivity index is 0.000000391. The number of alkyl halides is 6. The number of piperazine rings is 2. The summed E-state index contributed by atoms with van der Waals surface area (Å²) >= 11 is 0. The van der Waals surface area contributed by atoms with Crippen molar-refractivity contribution in [2.75, 3.05) is 97.3 Å². The summed E-state index contributed by atoms with van der Waals surface area (Å²) in [6, 6.07) is 35.7. The quantitative estimate of drug-likeness (QED) is 0.0231. The number of nitrogen functional groups attached to an aromatic ring is 2. The number of pyridine rings is 8. The van der Waals surface area contributed by atoms with Crippen LogP contribution in [0.25, 0.3) is 6.08 Å². The first-order valence-electron chi connectivity index (χ1n) is 35.9. The fraction of sp³-hybridized carbons (Fsp3) is 0.338. The lowest BCUT2D eigenvalue weighted by atomic mass is 9.99. The van der Waals surface area contributed by atoms with Crippen LogP contribution in [-0.2, 0) is 23.6 Å². The van der Waals surface area contributed by atoms with Crippen LogP contribution in [0.2, 0.25) is 0 Å². The molecule has 2 unspecified atom stereocenters. The zero-order valence-corrected chi connectivity index (χ0v) is 61.5. The fourth-order valence-corrected chi connectivity index (χ4v) is 12.7. The van der Waals surface area contributed by atoms with Crippen LogP contribution in [0.4, 0.5) is 61.2 Å². The Morgan fingerprint density at radius 2 is 1.11 bits per heavy atom. The van der Waals surface area contributed by atoms with E-state index in [1.165, 1.54) is 48.3 Å². The molecule has 584 valence electrons. The van der Waals surface area contributed by atoms with Gasteiger partial charge >= 0.3 is 12.4 Å². The molecule has 0 bridgehead atoms. The van der Waals surface area contributed by atoms with Gasteiger partial charge in [0.05, 0.1) is 28.8 Å². The van der Waals surface area contributed by atoms with Gasteiger partial charge in [0.1, 0.15) is 57.7 Å². The monoisotopic (exact) mass is 1510 g/mol. The first-order chi connectivity index (χ1) is 52.2. The maximum absolute atomic E-state index is 13.4. The van der Waals surface area contributed by atoms with Crippen molar-refractivity contribution in [1.29, 1.82) is 0 Å². The van der Waals surface area contributed by atoms with Crippen LogP contribution in [0.15, 0.2) is 158 Å². The van der Waals surface area contributed by atoms with Gasteiger partial charge in [-0.1, -0.05) is 75.7 Å². The molecule has 23 nitrogen and oxygen atoms in total. The molecule has 3 atom stereocenters. The number of amides is 1. The second kappa shape index (κ2) is 38.4. The zero-order chi connectivity index (χ0) is 78.4. The Hall–Kier alpha value is -11.4. The van der Waals surface area contributed by atoms with Gasteiger partial charge in [-0.2, -0.15) is 26.3 Å². The van der Waals surface area contributed by atoms with Crippen molar-refractivity contribution in [3.8, 4) is 0 Å². The average molecular weight is 1510 g/mol. The minimum atomic E-state index is -4.79. The summed E-state index contributed by atoms with van der Waals surface area (Å²) in [6.45, 7) is 19.6. The molecule has 0 saturated carbocycles. The van der Waals surface area contributed by atoms with E-state index in [4.69, 9.17) is 27.2 Å². The van der Waals surface area contributed by atoms with Crippen LogP contribution in [-0.4, -0.2) is 140 Å². The van der Waals surface area contributed by atoms with E-state index < -0.39 is 52.3 Å². The van der Waals surface area contributed by atoms with Gasteiger partial charge in [0.2, 0.25) is 29.0 Å². The van der Waals surface area contributed by atoms with Crippen molar-refractivity contribution in [2.24, 2.45) is 17.6 Å². The van der Waals surface area contributed by atoms with Gasteiger partial charge in [-0.15, -0.1) is 0 Å². The highest BCUT2D eigenvalue weighted by molar-refractivity contribution is 6.13. The third-order valence-electron chi connectivity index (χ3n) is 18.1. The van der Waals surface area contributed by atoms with Crippen LogP contribution in [0, 0.1) is 25.7 Å². The Bertz CT molecular complexity index is 4690. The van der Waals surface area contributed by atoms with Gasteiger partial charge in [0.25, 0.3) is 0 Å². The molecule has 11 heterocycles. The van der Waals surface area contributed by atoms with Crippen molar-refractivity contribution < 1.29 is 58.9 Å². The number of rotatable bonds is 22. The lowest BCUT2D eigenvalue weighted by Crippen LogP contribution is -2.51. The Labute approximate surface area is 637 Å². The zero-order valence-electron chi connectivity index (χ0n) is 61.5. The number of piperidine rings is 1. The molecule has 1 amide bonds. The normalized spacial score (nSPS) is 15.8. The Kier molecular flexibility index (Phi) is 28.8. The van der Waals surface area contributed by atoms with E-state index >= 15 is 0 Å². The van der Waals surface area contributed by atoms with Crippen LogP contribution < -0.4 is 53.6 Å². The number of nitrogens with two attached hydrogens (primary N) is 3. The van der Waals surface area contributed by atoms with Crippen molar-refractivity contribution >= 4 is 70.0 Å². The molecule has 3 fully saturated rings. The number of anilines is 6. The molecule has 109 heavy (non-hydrogen) atoms. The molecule has 0 radical (unpaired) electrons. The maximum atomic E-state index is 13.4. The van der Waals surface area contributed by atoms with Gasteiger partial charge < -0.3 is 53.6 Å². The van der Waals surface area contributed by atoms with Gasteiger partial charge in [0.15, 0.2) is 0 Å². The van der Waals surface area contributed by atoms with E-state index in [2.05, 4.69) is 123 Å². The van der Waals surface area contributed by atoms with Crippen molar-refractivity contribution in [3.63, 3.8) is 0 Å². The molecule has 3 saturated heterocycles. The van der Waals surface area contributed by atoms with Crippen molar-refractivity contribution in [1.82, 2.24) is 55.8 Å². The molecule has 3 aliphatic rings. The highest BCUT2D eigenvalue weighted by atomic mass is 19.4. The number of benzene rings is 1. The summed E-state index contributed by atoms with van der Waals surface area (Å²) in [4.78, 5) is 100. The van der Waals surface area contributed by atoms with E-state index in [0.717, 1.165) is 125 Å². The minimum absolute atomic E-state index is 0. The number of primary amides is 1. The van der Waals surface area contributed by atoms with E-state index in [1.54, 1.807) is 18.5 Å². The summed E-state index contributed by atoms with van der Waals surface area (Å²) in [5.41, 5.74) is 18.8. The number of nitrogens with one attached hydrogen (secondary N) is 5. The summed E-state index contributed by atoms with van der Waals surface area (Å²) < 4.78 is 79.5. The molecule has 1 aromatic carbocycles. The Morgan fingerprint density at radius 3 is 1.62 bits per heavy atom. The molecule has 9 aromatic rings. The molecule has 3 aliphatic heterocycles. The second-order valence-electron chi connectivity index (χ2n) is 26.7. The van der Waals surface area contributed by atoms with Gasteiger partial charge in [-0.05, 0) is 174 Å². The number of aromatic nitrogens is 8. The Morgan fingerprint density at radius 1 is 0.596 bits per heavy atom. The highest BCUT2D eigenvalue weighted by Gasteiger charge is 2.39. The lowest BCUT2D eigenvalue weighted by Gasteiger charge is -2.35. The molecule has 11 N–H and O–H groups in total. The van der Waals surface area contributed by atoms with Crippen LogP contribution in [0.1, 0.15) is 171 Å². The van der Waals surface area contributed by atoms with Crippen molar-refractivity contribution in [2.45, 2.75) is 98.1 Å². The second-order valence-corrected chi connectivity index (χ2v) is 26.7. The number of carbonyl (C=O) groups excluding carboxylic acids is 5. The number of hydrogen-bond donors (Lipinski definition) is 8. The molecule has 0 spiro atoms. The van der Waals surface area contributed by atoms with Crippen LogP contribution in [0.5, 0.6) is 0 Å². The van der Waals surface area contributed by atoms with E-state index in [0.29, 0.717) is 58.7 Å². The molecule has 0 aliphatic carbocycles. The maximum Gasteiger partial charge on any atom is 0.418 e. The molecule has 29 heteroatoms. The summed E-state index contributed by atoms with van der Waals surface area (Å²) in [5, 5.41) is 15.9. The summed E-state index contributed by atoms with van der Waals surface area (Å²) in [7, 11) is 0. The molecular formula is C80H102F6N18O5. The third-order valence-corrected chi connectivity index (χ3v) is 18.1. The van der Waals surface area contributed by atoms with E-state index in [-0.39, 0.29) is 67.1 Å². The summed E-state index contributed by atoms with van der Waals surface area (Å²) in [6.07, 6.45) is 5.50. The number of aryl methyl sites for hydroxylation is 3. The van der Waals surface area contributed by atoms with Gasteiger partial charge in [-0.25, -0.2) is 29.9 Å². The predicted molar refractivity (Wildman–Crippen MR) is 422 cm³/mol. The highest BCUT2D eigenvalue weighted by Crippen LogP contribution is 2.36. The first kappa shape index (κ1) is 81.6. The predicted octanol–water partition coefficient (Wildman–Crippen LogP) is 13.4. The van der Waals surface area contributed by atoms with Crippen LogP contribution >= 0.6 is 0 Å². The number of nitrogens with zero attached hydrogens (tertiary/aromatic N) is 10. The average Bonchev–Trinajstić information content (AvgIpc) is 0.799. The first-order valence-corrected chi connectivity index (χ1v) is 35.9. The summed E-state index contributed by atoms with van der Waals surface area (Å²) in [5.74, 6) is -0.277.